The van der Waals surface area contributed by atoms with E-state index in [0.29, 0.717) is 35.7 Å². The molecule has 6 heteroatoms. The number of hydrogen-bond acceptors (Lipinski definition) is 4. The number of amides is 1. The molecule has 0 bridgehead atoms. The van der Waals surface area contributed by atoms with Gasteiger partial charge in [0.25, 0.3) is 0 Å². The number of likely N-dealkylation sites (N-methyl/N-ethyl adjacent to an activating group) is 1. The predicted molar refractivity (Wildman–Crippen MR) is 117 cm³/mol. The first kappa shape index (κ1) is 20.0. The van der Waals surface area contributed by atoms with Gasteiger partial charge in [-0.1, -0.05) is 36.4 Å². The lowest BCUT2D eigenvalue weighted by molar-refractivity contribution is -0.116. The Morgan fingerprint density at radius 2 is 1.90 bits per heavy atom. The van der Waals surface area contributed by atoms with Crippen molar-refractivity contribution in [3.63, 3.8) is 0 Å². The normalized spacial score (nSPS) is 16.3. The Labute approximate surface area is 175 Å². The molecule has 1 atom stereocenters. The minimum atomic E-state index is -0.950. The molecule has 1 aromatic heterocycles. The summed E-state index contributed by atoms with van der Waals surface area (Å²) in [7, 11) is 1.98. The van der Waals surface area contributed by atoms with E-state index in [9.17, 15) is 14.7 Å². The van der Waals surface area contributed by atoms with E-state index in [4.69, 9.17) is 4.98 Å². The van der Waals surface area contributed by atoms with Crippen LogP contribution in [-0.2, 0) is 11.2 Å². The lowest BCUT2D eigenvalue weighted by Crippen LogP contribution is -2.35. The summed E-state index contributed by atoms with van der Waals surface area (Å²) in [6.45, 7) is 2.73. The lowest BCUT2D eigenvalue weighted by Gasteiger charge is -2.35. The van der Waals surface area contributed by atoms with Gasteiger partial charge in [0.05, 0.1) is 11.1 Å². The van der Waals surface area contributed by atoms with Gasteiger partial charge in [0.1, 0.15) is 0 Å². The molecule has 1 unspecified atom stereocenters. The van der Waals surface area contributed by atoms with Crippen molar-refractivity contribution in [3.8, 4) is 0 Å². The third-order valence-corrected chi connectivity index (χ3v) is 5.85. The minimum absolute atomic E-state index is 0.0737. The first-order valence-corrected chi connectivity index (χ1v) is 10.2. The quantitative estimate of drug-likeness (QED) is 0.668. The Kier molecular flexibility index (Phi) is 5.50. The molecule has 0 saturated heterocycles. The third-order valence-electron chi connectivity index (χ3n) is 5.85. The number of anilines is 1. The summed E-state index contributed by atoms with van der Waals surface area (Å²) in [5.74, 6) is -1.02. The van der Waals surface area contributed by atoms with E-state index < -0.39 is 5.97 Å². The van der Waals surface area contributed by atoms with Crippen molar-refractivity contribution in [3.05, 3.63) is 70.9 Å². The average Bonchev–Trinajstić information content (AvgIpc) is 2.73. The topological polar surface area (TPSA) is 82.5 Å². The largest absolute Gasteiger partial charge is 0.478 e. The highest BCUT2D eigenvalue weighted by Gasteiger charge is 2.32. The van der Waals surface area contributed by atoms with Crippen molar-refractivity contribution >= 4 is 28.5 Å². The van der Waals surface area contributed by atoms with Crippen LogP contribution in [0.4, 0.5) is 5.69 Å². The lowest BCUT2D eigenvalue weighted by atomic mass is 9.87. The second-order valence-corrected chi connectivity index (χ2v) is 7.82. The summed E-state index contributed by atoms with van der Waals surface area (Å²) in [4.78, 5) is 31.7. The van der Waals surface area contributed by atoms with Crippen LogP contribution >= 0.6 is 0 Å². The van der Waals surface area contributed by atoms with Gasteiger partial charge in [0.15, 0.2) is 0 Å². The van der Waals surface area contributed by atoms with Gasteiger partial charge >= 0.3 is 5.97 Å². The van der Waals surface area contributed by atoms with Gasteiger partial charge in [0, 0.05) is 47.8 Å². The maximum Gasteiger partial charge on any atom is 0.336 e. The Morgan fingerprint density at radius 1 is 1.17 bits per heavy atom. The molecule has 4 rings (SSSR count). The fourth-order valence-electron chi connectivity index (χ4n) is 4.27. The van der Waals surface area contributed by atoms with Gasteiger partial charge in [0.2, 0.25) is 5.91 Å². The SMILES string of the molecule is Cc1ccccc1NC(=O)CCC1c2c(nc3ccccc3c2C(=O)O)CCN1C. The van der Waals surface area contributed by atoms with Crippen molar-refractivity contribution in [1.29, 1.82) is 0 Å². The van der Waals surface area contributed by atoms with Crippen LogP contribution in [0, 0.1) is 6.92 Å². The number of aryl methyl sites for hydroxylation is 1. The molecule has 3 aromatic rings. The number of carboxylic acid groups (broad SMARTS) is 1. The second kappa shape index (κ2) is 8.24. The van der Waals surface area contributed by atoms with Crippen molar-refractivity contribution in [2.24, 2.45) is 0 Å². The van der Waals surface area contributed by atoms with Crippen LogP contribution in [0.3, 0.4) is 0 Å². The summed E-state index contributed by atoms with van der Waals surface area (Å²) in [5, 5.41) is 13.6. The first-order chi connectivity index (χ1) is 14.5. The fraction of sp³-hybridized carbons (Fsp3) is 0.292. The second-order valence-electron chi connectivity index (χ2n) is 7.82. The van der Waals surface area contributed by atoms with Crippen molar-refractivity contribution in [1.82, 2.24) is 9.88 Å². The van der Waals surface area contributed by atoms with Crippen molar-refractivity contribution < 1.29 is 14.7 Å². The number of carbonyl (C=O) groups excluding carboxylic acids is 1. The van der Waals surface area contributed by atoms with Crippen LogP contribution in [-0.4, -0.2) is 40.5 Å². The maximum atomic E-state index is 12.6. The van der Waals surface area contributed by atoms with Gasteiger partial charge in [-0.15, -0.1) is 0 Å². The summed E-state index contributed by atoms with van der Waals surface area (Å²) in [6, 6.07) is 14.9. The van der Waals surface area contributed by atoms with Gasteiger partial charge in [-0.3, -0.25) is 14.7 Å². The van der Waals surface area contributed by atoms with Crippen LogP contribution in [0.1, 0.15) is 46.1 Å². The van der Waals surface area contributed by atoms with Crippen molar-refractivity contribution in [2.75, 3.05) is 18.9 Å². The highest BCUT2D eigenvalue weighted by molar-refractivity contribution is 6.04. The smallest absolute Gasteiger partial charge is 0.336 e. The Hall–Kier alpha value is -3.25. The van der Waals surface area contributed by atoms with Crippen LogP contribution < -0.4 is 5.32 Å². The predicted octanol–water partition coefficient (Wildman–Crippen LogP) is 4.19. The van der Waals surface area contributed by atoms with Gasteiger partial charge in [-0.05, 0) is 38.1 Å². The van der Waals surface area contributed by atoms with Gasteiger partial charge < -0.3 is 10.4 Å². The number of aromatic carboxylic acids is 1. The third kappa shape index (κ3) is 3.78. The number of nitrogens with zero attached hydrogens (tertiary/aromatic N) is 2. The van der Waals surface area contributed by atoms with E-state index in [-0.39, 0.29) is 11.9 Å². The number of carbonyl (C=O) groups is 2. The highest BCUT2D eigenvalue weighted by atomic mass is 16.4. The van der Waals surface area contributed by atoms with E-state index >= 15 is 0 Å². The molecular formula is C24H25N3O3. The number of para-hydroxylation sites is 2. The number of rotatable bonds is 5. The fourth-order valence-corrected chi connectivity index (χ4v) is 4.27. The number of nitrogens with one attached hydrogen (secondary N) is 1. The molecule has 0 radical (unpaired) electrons. The number of carboxylic acids is 1. The molecule has 1 aliphatic rings. The molecule has 1 aliphatic heterocycles. The standard InChI is InChI=1S/C24H25N3O3/c1-15-7-3-5-9-17(15)26-21(28)12-11-20-23-19(13-14-27(20)2)25-18-10-6-4-8-16(18)22(23)24(29)30/h3-10,20H,11-14H2,1-2H3,(H,26,28)(H,29,30). The number of pyridine rings is 1. The molecule has 2 aromatic carbocycles. The Balaban J connectivity index is 1.64. The first-order valence-electron chi connectivity index (χ1n) is 10.2. The molecule has 6 nitrogen and oxygen atoms in total. The van der Waals surface area contributed by atoms with Crippen LogP contribution in [0.2, 0.25) is 0 Å². The van der Waals surface area contributed by atoms with Crippen LogP contribution in [0.5, 0.6) is 0 Å². The molecule has 0 saturated carbocycles. The molecule has 1 amide bonds. The molecule has 0 fully saturated rings. The summed E-state index contributed by atoms with van der Waals surface area (Å²) >= 11 is 0. The van der Waals surface area contributed by atoms with Crippen molar-refractivity contribution in [2.45, 2.75) is 32.2 Å². The van der Waals surface area contributed by atoms with E-state index in [1.807, 2.05) is 62.5 Å². The minimum Gasteiger partial charge on any atom is -0.478 e. The average molecular weight is 403 g/mol. The Bertz CT molecular complexity index is 1130. The summed E-state index contributed by atoms with van der Waals surface area (Å²) < 4.78 is 0. The van der Waals surface area contributed by atoms with E-state index in [0.717, 1.165) is 29.1 Å². The number of aromatic nitrogens is 1. The molecule has 2 N–H and O–H groups in total. The zero-order valence-corrected chi connectivity index (χ0v) is 17.2. The van der Waals surface area contributed by atoms with Crippen LogP contribution in [0.15, 0.2) is 48.5 Å². The molecule has 30 heavy (non-hydrogen) atoms. The van der Waals surface area contributed by atoms with Crippen LogP contribution in [0.25, 0.3) is 10.9 Å². The number of benzene rings is 2. The van der Waals surface area contributed by atoms with E-state index in [1.165, 1.54) is 0 Å². The van der Waals surface area contributed by atoms with Gasteiger partial charge in [-0.2, -0.15) is 0 Å². The van der Waals surface area contributed by atoms with E-state index in [1.54, 1.807) is 0 Å². The molecule has 0 spiro atoms. The summed E-state index contributed by atoms with van der Waals surface area (Å²) in [5.41, 5.74) is 4.40. The maximum absolute atomic E-state index is 12.6. The zero-order valence-electron chi connectivity index (χ0n) is 17.2. The molecular weight excluding hydrogens is 378 g/mol. The highest BCUT2D eigenvalue weighted by Crippen LogP contribution is 2.37. The van der Waals surface area contributed by atoms with E-state index in [2.05, 4.69) is 10.2 Å². The monoisotopic (exact) mass is 403 g/mol. The molecule has 154 valence electrons. The molecule has 2 heterocycles. The number of fused-ring (bicyclic) bond motifs is 2. The van der Waals surface area contributed by atoms with Gasteiger partial charge in [-0.25, -0.2) is 4.79 Å². The molecule has 0 aliphatic carbocycles. The summed E-state index contributed by atoms with van der Waals surface area (Å²) in [6.07, 6.45) is 1.53. The zero-order chi connectivity index (χ0) is 21.3. The number of hydrogen-bond donors (Lipinski definition) is 2. The Morgan fingerprint density at radius 3 is 2.67 bits per heavy atom.